The van der Waals surface area contributed by atoms with E-state index in [2.05, 4.69) is 17.1 Å². The summed E-state index contributed by atoms with van der Waals surface area (Å²) in [4.78, 5) is 30.5. The number of hydrogen-bond acceptors (Lipinski definition) is 4. The van der Waals surface area contributed by atoms with E-state index in [1.54, 1.807) is 18.2 Å². The van der Waals surface area contributed by atoms with Crippen molar-refractivity contribution >= 4 is 35.3 Å². The topological polar surface area (TPSA) is 52.7 Å². The van der Waals surface area contributed by atoms with E-state index in [9.17, 15) is 22.8 Å². The van der Waals surface area contributed by atoms with Crippen LogP contribution in [-0.2, 0) is 15.8 Å². The number of carbonyl (C=O) groups is 2. The second-order valence-electron chi connectivity index (χ2n) is 8.10. The van der Waals surface area contributed by atoms with Crippen LogP contribution in [0.3, 0.4) is 0 Å². The molecule has 1 heterocycles. The highest BCUT2D eigenvalue weighted by atomic mass is 32.2. The molecule has 2 aromatic carbocycles. The maximum atomic E-state index is 13.2. The van der Waals surface area contributed by atoms with E-state index in [0.29, 0.717) is 29.2 Å². The Morgan fingerprint density at radius 3 is 2.50 bits per heavy atom. The van der Waals surface area contributed by atoms with Gasteiger partial charge in [0, 0.05) is 18.0 Å². The average molecular weight is 492 g/mol. The number of rotatable bonds is 9. The lowest BCUT2D eigenvalue weighted by Gasteiger charge is -2.30. The van der Waals surface area contributed by atoms with Crippen LogP contribution in [-0.4, -0.2) is 49.9 Å². The van der Waals surface area contributed by atoms with E-state index in [1.165, 1.54) is 28.8 Å². The number of amides is 2. The summed E-state index contributed by atoms with van der Waals surface area (Å²) in [6, 6.07) is 11.9. The molecule has 0 atom stereocenters. The molecule has 1 aliphatic rings. The third-order valence-electron chi connectivity index (χ3n) is 5.38. The first-order chi connectivity index (χ1) is 16.2. The summed E-state index contributed by atoms with van der Waals surface area (Å²) in [6.45, 7) is 4.14. The molecular weight excluding hydrogens is 463 g/mol. The molecule has 34 heavy (non-hydrogen) atoms. The SMILES string of the molecule is CCCCN(C)CCNC(=O)CN1C(=O)C(=Cc2ccc(C(F)(F)F)cc2)Sc2ccccc21. The van der Waals surface area contributed by atoms with Gasteiger partial charge in [0.25, 0.3) is 5.91 Å². The van der Waals surface area contributed by atoms with Crippen molar-refractivity contribution in [2.75, 3.05) is 38.1 Å². The molecule has 0 aromatic heterocycles. The lowest BCUT2D eigenvalue weighted by Crippen LogP contribution is -2.44. The van der Waals surface area contributed by atoms with E-state index in [-0.39, 0.29) is 18.4 Å². The van der Waals surface area contributed by atoms with Gasteiger partial charge in [-0.05, 0) is 55.9 Å². The van der Waals surface area contributed by atoms with Crippen LogP contribution in [0.5, 0.6) is 0 Å². The molecule has 0 spiro atoms. The van der Waals surface area contributed by atoms with Gasteiger partial charge in [-0.2, -0.15) is 13.2 Å². The van der Waals surface area contributed by atoms with Crippen molar-refractivity contribution in [3.63, 3.8) is 0 Å². The number of likely N-dealkylation sites (N-methyl/N-ethyl adjacent to an activating group) is 1. The Morgan fingerprint density at radius 1 is 1.12 bits per heavy atom. The van der Waals surface area contributed by atoms with E-state index < -0.39 is 11.7 Å². The van der Waals surface area contributed by atoms with Gasteiger partial charge in [0.05, 0.1) is 16.2 Å². The third kappa shape index (κ3) is 6.87. The van der Waals surface area contributed by atoms with Crippen LogP contribution in [0, 0.1) is 0 Å². The molecule has 182 valence electrons. The normalized spacial score (nSPS) is 15.1. The van der Waals surface area contributed by atoms with Crippen LogP contribution < -0.4 is 10.2 Å². The van der Waals surface area contributed by atoms with Crippen LogP contribution in [0.4, 0.5) is 18.9 Å². The zero-order valence-corrected chi connectivity index (χ0v) is 20.0. The number of halogens is 3. The van der Waals surface area contributed by atoms with Crippen molar-refractivity contribution in [2.24, 2.45) is 0 Å². The minimum atomic E-state index is -4.42. The lowest BCUT2D eigenvalue weighted by atomic mass is 10.1. The molecule has 3 rings (SSSR count). The van der Waals surface area contributed by atoms with Crippen LogP contribution >= 0.6 is 11.8 Å². The monoisotopic (exact) mass is 491 g/mol. The van der Waals surface area contributed by atoms with E-state index >= 15 is 0 Å². The number of fused-ring (bicyclic) bond motifs is 1. The molecule has 1 N–H and O–H groups in total. The maximum Gasteiger partial charge on any atom is 0.416 e. The summed E-state index contributed by atoms with van der Waals surface area (Å²) in [5.41, 5.74) is 0.362. The highest BCUT2D eigenvalue weighted by molar-refractivity contribution is 8.04. The Morgan fingerprint density at radius 2 is 1.82 bits per heavy atom. The zero-order chi connectivity index (χ0) is 24.7. The number of benzene rings is 2. The van der Waals surface area contributed by atoms with Crippen LogP contribution in [0.15, 0.2) is 58.3 Å². The van der Waals surface area contributed by atoms with Crippen molar-refractivity contribution in [2.45, 2.75) is 30.8 Å². The summed E-state index contributed by atoms with van der Waals surface area (Å²) >= 11 is 1.24. The smallest absolute Gasteiger partial charge is 0.353 e. The molecule has 2 amide bonds. The minimum absolute atomic E-state index is 0.139. The molecule has 0 unspecified atom stereocenters. The number of alkyl halides is 3. The second-order valence-corrected chi connectivity index (χ2v) is 9.18. The number of unbranched alkanes of at least 4 members (excludes halogenated alkanes) is 1. The number of carbonyl (C=O) groups excluding carboxylic acids is 2. The predicted molar refractivity (Wildman–Crippen MR) is 129 cm³/mol. The number of thioether (sulfide) groups is 1. The summed E-state index contributed by atoms with van der Waals surface area (Å²) in [7, 11) is 2.00. The quantitative estimate of drug-likeness (QED) is 0.500. The van der Waals surface area contributed by atoms with Crippen LogP contribution in [0.1, 0.15) is 30.9 Å². The largest absolute Gasteiger partial charge is 0.416 e. The third-order valence-corrected chi connectivity index (χ3v) is 6.46. The molecule has 0 bridgehead atoms. The number of hydrogen-bond donors (Lipinski definition) is 1. The van der Waals surface area contributed by atoms with Gasteiger partial charge in [-0.3, -0.25) is 14.5 Å². The fraction of sp³-hybridized carbons (Fsp3) is 0.360. The molecule has 0 saturated heterocycles. The van der Waals surface area contributed by atoms with Crippen LogP contribution in [0.25, 0.3) is 6.08 Å². The van der Waals surface area contributed by atoms with Gasteiger partial charge in [-0.25, -0.2) is 0 Å². The molecule has 1 aliphatic heterocycles. The Balaban J connectivity index is 1.72. The van der Waals surface area contributed by atoms with Crippen molar-refractivity contribution in [1.29, 1.82) is 0 Å². The van der Waals surface area contributed by atoms with Crippen molar-refractivity contribution in [3.8, 4) is 0 Å². The maximum absolute atomic E-state index is 13.2. The predicted octanol–water partition coefficient (Wildman–Crippen LogP) is 5.03. The first-order valence-electron chi connectivity index (χ1n) is 11.1. The fourth-order valence-corrected chi connectivity index (χ4v) is 4.52. The summed E-state index contributed by atoms with van der Waals surface area (Å²) in [5.74, 6) is -0.633. The average Bonchev–Trinajstić information content (AvgIpc) is 2.80. The van der Waals surface area contributed by atoms with Gasteiger partial charge >= 0.3 is 6.18 Å². The van der Waals surface area contributed by atoms with Gasteiger partial charge in [-0.1, -0.05) is 49.4 Å². The fourth-order valence-electron chi connectivity index (χ4n) is 3.46. The van der Waals surface area contributed by atoms with Crippen LogP contribution in [0.2, 0.25) is 0 Å². The van der Waals surface area contributed by atoms with Gasteiger partial charge in [0.1, 0.15) is 6.54 Å². The van der Waals surface area contributed by atoms with E-state index in [4.69, 9.17) is 0 Å². The van der Waals surface area contributed by atoms with Gasteiger partial charge in [-0.15, -0.1) is 0 Å². The molecule has 0 saturated carbocycles. The molecule has 2 aromatic rings. The standard InChI is InChI=1S/C25H28F3N3O2S/c1-3-4-14-30(2)15-13-29-23(32)17-31-20-7-5-6-8-21(20)34-22(24(31)33)16-18-9-11-19(12-10-18)25(26,27)28/h5-12,16H,3-4,13-15,17H2,1-2H3,(H,29,32). The molecule has 9 heteroatoms. The molecule has 0 fully saturated rings. The lowest BCUT2D eigenvalue weighted by molar-refractivity contribution is -0.137. The van der Waals surface area contributed by atoms with Gasteiger partial charge < -0.3 is 10.2 Å². The zero-order valence-electron chi connectivity index (χ0n) is 19.2. The summed E-state index contributed by atoms with van der Waals surface area (Å²) in [6.07, 6.45) is -0.672. The molecule has 5 nitrogen and oxygen atoms in total. The number of para-hydroxylation sites is 1. The number of anilines is 1. The number of nitrogens with zero attached hydrogens (tertiary/aromatic N) is 2. The van der Waals surface area contributed by atoms with E-state index in [0.717, 1.165) is 36.4 Å². The first-order valence-corrected chi connectivity index (χ1v) is 11.9. The Hall–Kier alpha value is -2.78. The van der Waals surface area contributed by atoms with Crippen molar-refractivity contribution in [3.05, 3.63) is 64.6 Å². The Bertz CT molecular complexity index is 1040. The molecular formula is C25H28F3N3O2S. The van der Waals surface area contributed by atoms with Crippen molar-refractivity contribution < 1.29 is 22.8 Å². The first kappa shape index (κ1) is 25.8. The Kier molecular flexibility index (Phi) is 8.79. The van der Waals surface area contributed by atoms with Gasteiger partial charge in [0.15, 0.2) is 0 Å². The molecule has 0 radical (unpaired) electrons. The van der Waals surface area contributed by atoms with E-state index in [1.807, 2.05) is 19.2 Å². The second kappa shape index (κ2) is 11.6. The van der Waals surface area contributed by atoms with Gasteiger partial charge in [0.2, 0.25) is 5.91 Å². The van der Waals surface area contributed by atoms with Crippen molar-refractivity contribution in [1.82, 2.24) is 10.2 Å². The highest BCUT2D eigenvalue weighted by Crippen LogP contribution is 2.42. The Labute approximate surface area is 202 Å². The number of nitrogens with one attached hydrogen (secondary N) is 1. The minimum Gasteiger partial charge on any atom is -0.353 e. The molecule has 0 aliphatic carbocycles. The summed E-state index contributed by atoms with van der Waals surface area (Å²) in [5, 5.41) is 2.87. The summed E-state index contributed by atoms with van der Waals surface area (Å²) < 4.78 is 38.5. The highest BCUT2D eigenvalue weighted by Gasteiger charge is 2.31.